The van der Waals surface area contributed by atoms with E-state index in [1.165, 1.54) is 14.0 Å². The van der Waals surface area contributed by atoms with Crippen molar-refractivity contribution in [1.82, 2.24) is 4.90 Å². The fraction of sp³-hybridized carbons (Fsp3) is 0.619. The summed E-state index contributed by atoms with van der Waals surface area (Å²) in [4.78, 5) is 78.1. The molecule has 1 aromatic rings. The van der Waals surface area contributed by atoms with Gasteiger partial charge in [-0.15, -0.1) is 0 Å². The summed E-state index contributed by atoms with van der Waals surface area (Å²) in [5, 5.41) is 2.40. The molecule has 1 N–H and O–H groups in total. The Morgan fingerprint density at radius 1 is 0.885 bits per heavy atom. The Bertz CT molecular complexity index is 1700. The Hall–Kier alpha value is -4.85. The maximum absolute atomic E-state index is 13.3. The Balaban J connectivity index is 2.13. The van der Waals surface area contributed by atoms with Crippen molar-refractivity contribution in [2.75, 3.05) is 26.5 Å². The van der Waals surface area contributed by atoms with Crippen LogP contribution in [0.15, 0.2) is 48.6 Å². The van der Waals surface area contributed by atoms with Gasteiger partial charge in [0.15, 0.2) is 12.4 Å². The molecule has 3 rings (SSSR count). The number of rotatable bonds is 11. The van der Waals surface area contributed by atoms with E-state index in [1.54, 1.807) is 64.1 Å². The van der Waals surface area contributed by atoms with Gasteiger partial charge in [-0.3, -0.25) is 29.4 Å². The standard InChI is InChI=1S/C42H57F3N2O14/c1-23-21-29(19-20-48)37(38(54-9)33(58-27(5)50)22-34(52)55-24(2)13-11-10-12-14-32(23)57-26(4)49)60-40-39(59-28(6)51)35(47(7)8)36(25(3)56-40)61-41(53)46-31-17-15-30(16-18-31)42(43,44)45/h10-12,14-18,20,23-25,29,32-33,35-40H,13,19,21-22H2,1-9H3,(H,46,53)/b11-10+,14-12+/t23-,24-,25-,29+,32+,33-,35+,36-,37+,38+,39-,40+/m1/s1. The van der Waals surface area contributed by atoms with Gasteiger partial charge in [-0.2, -0.15) is 13.2 Å². The number of nitrogens with one attached hydrogen (secondary N) is 1. The van der Waals surface area contributed by atoms with E-state index < -0.39 is 121 Å². The van der Waals surface area contributed by atoms with Gasteiger partial charge in [-0.05, 0) is 76.5 Å². The number of allylic oxidation sites excluding steroid dienone is 2. The molecule has 340 valence electrons. The Labute approximate surface area is 353 Å². The number of halogens is 3. The summed E-state index contributed by atoms with van der Waals surface area (Å²) < 4.78 is 87.0. The summed E-state index contributed by atoms with van der Waals surface area (Å²) in [6.45, 7) is 8.56. The van der Waals surface area contributed by atoms with Gasteiger partial charge in [0.05, 0.1) is 30.2 Å². The third-order valence-electron chi connectivity index (χ3n) is 10.0. The number of anilines is 1. The third-order valence-corrected chi connectivity index (χ3v) is 10.0. The molecule has 0 unspecified atom stereocenters. The fourth-order valence-electron chi connectivity index (χ4n) is 7.38. The van der Waals surface area contributed by atoms with Crippen LogP contribution in [0.25, 0.3) is 0 Å². The van der Waals surface area contributed by atoms with Gasteiger partial charge < -0.3 is 42.7 Å². The second kappa shape index (κ2) is 23.4. The van der Waals surface area contributed by atoms with E-state index in [2.05, 4.69) is 5.32 Å². The molecular weight excluding hydrogens is 813 g/mol. The van der Waals surface area contributed by atoms with Gasteiger partial charge in [0.1, 0.15) is 36.8 Å². The number of likely N-dealkylation sites (N-methyl/N-ethyl adjacent to an activating group) is 1. The predicted octanol–water partition coefficient (Wildman–Crippen LogP) is 5.56. The van der Waals surface area contributed by atoms with Gasteiger partial charge in [0.2, 0.25) is 0 Å². The molecule has 0 radical (unpaired) electrons. The molecule has 16 nitrogen and oxygen atoms in total. The summed E-state index contributed by atoms with van der Waals surface area (Å²) in [5.74, 6) is -4.15. The van der Waals surface area contributed by atoms with Gasteiger partial charge >= 0.3 is 36.1 Å². The minimum Gasteiger partial charge on any atom is -0.462 e. The van der Waals surface area contributed by atoms with Crippen LogP contribution in [0.4, 0.5) is 23.7 Å². The number of hydrogen-bond acceptors (Lipinski definition) is 15. The van der Waals surface area contributed by atoms with E-state index in [4.69, 9.17) is 37.9 Å². The van der Waals surface area contributed by atoms with Gasteiger partial charge in [-0.25, -0.2) is 4.79 Å². The highest BCUT2D eigenvalue weighted by Crippen LogP contribution is 2.36. The number of esters is 4. The zero-order valence-electron chi connectivity index (χ0n) is 35.7. The van der Waals surface area contributed by atoms with Crippen LogP contribution in [0.1, 0.15) is 72.8 Å². The Morgan fingerprint density at radius 2 is 1.52 bits per heavy atom. The number of nitrogens with zero attached hydrogens (tertiary/aromatic N) is 1. The minimum absolute atomic E-state index is 0.00571. The first-order valence-electron chi connectivity index (χ1n) is 19.8. The third kappa shape index (κ3) is 15.5. The number of aldehydes is 1. The summed E-state index contributed by atoms with van der Waals surface area (Å²) in [6.07, 6.45) is -8.82. The van der Waals surface area contributed by atoms with E-state index in [0.717, 1.165) is 38.1 Å². The molecule has 0 bridgehead atoms. The van der Waals surface area contributed by atoms with Crippen LogP contribution in [0.3, 0.4) is 0 Å². The van der Waals surface area contributed by atoms with E-state index in [1.807, 2.05) is 0 Å². The lowest BCUT2D eigenvalue weighted by molar-refractivity contribution is -0.311. The number of carbonyl (C=O) groups is 6. The molecule has 1 aromatic carbocycles. The summed E-state index contributed by atoms with van der Waals surface area (Å²) in [6, 6.07) is 2.71. The lowest BCUT2D eigenvalue weighted by Crippen LogP contribution is -2.65. The number of benzene rings is 1. The van der Waals surface area contributed by atoms with E-state index in [-0.39, 0.29) is 18.5 Å². The van der Waals surface area contributed by atoms with Gasteiger partial charge in [0.25, 0.3) is 0 Å². The van der Waals surface area contributed by atoms with Crippen LogP contribution in [-0.2, 0) is 68.0 Å². The second-order valence-electron chi connectivity index (χ2n) is 15.3. The number of carbonyl (C=O) groups excluding carboxylic acids is 6. The zero-order chi connectivity index (χ0) is 45.6. The largest absolute Gasteiger partial charge is 0.462 e. The molecule has 12 atom stereocenters. The number of cyclic esters (lactones) is 1. The molecule has 2 heterocycles. The molecule has 0 spiro atoms. The zero-order valence-corrected chi connectivity index (χ0v) is 35.7. The Morgan fingerprint density at radius 3 is 2.08 bits per heavy atom. The van der Waals surface area contributed by atoms with Crippen molar-refractivity contribution in [2.24, 2.45) is 11.8 Å². The highest BCUT2D eigenvalue weighted by Gasteiger charge is 2.52. The molecule has 0 aromatic heterocycles. The number of methoxy groups -OCH3 is 1. The first kappa shape index (κ1) is 50.5. The van der Waals surface area contributed by atoms with E-state index in [9.17, 15) is 41.9 Å². The normalized spacial score (nSPS) is 31.5. The highest BCUT2D eigenvalue weighted by molar-refractivity contribution is 5.84. The SMILES string of the molecule is CO[C@@H]1[C@@H](O[C@@H]2O[C@H](C)[C@@H](OC(=O)Nc3ccc(C(F)(F)F)cc3)[C@H](N(C)C)[C@H]2OC(C)=O)[C@@H](CC=O)C[C@@H](C)[C@@H](OC(C)=O)/C=C/C=C/C[C@@H](C)OC(=O)C[C@H]1OC(C)=O. The molecule has 1 fully saturated rings. The van der Waals surface area contributed by atoms with Crippen LogP contribution in [-0.4, -0.2) is 124 Å². The van der Waals surface area contributed by atoms with Crippen molar-refractivity contribution < 1.29 is 79.8 Å². The molecule has 61 heavy (non-hydrogen) atoms. The van der Waals surface area contributed by atoms with Crippen LogP contribution < -0.4 is 5.32 Å². The monoisotopic (exact) mass is 870 g/mol. The van der Waals surface area contributed by atoms with Crippen LogP contribution in [0, 0.1) is 11.8 Å². The summed E-state index contributed by atoms with van der Waals surface area (Å²) >= 11 is 0. The molecule has 2 aliphatic rings. The molecule has 0 aliphatic carbocycles. The van der Waals surface area contributed by atoms with Crippen molar-refractivity contribution in [2.45, 2.75) is 135 Å². The first-order valence-corrected chi connectivity index (χ1v) is 19.8. The van der Waals surface area contributed by atoms with Crippen molar-refractivity contribution >= 4 is 41.9 Å². The fourth-order valence-corrected chi connectivity index (χ4v) is 7.38. The summed E-state index contributed by atoms with van der Waals surface area (Å²) in [7, 11) is 4.52. The Kier molecular flexibility index (Phi) is 19.4. The molecular formula is C42H57F3N2O14. The molecule has 19 heteroatoms. The highest BCUT2D eigenvalue weighted by atomic mass is 19.4. The molecule has 1 saturated heterocycles. The summed E-state index contributed by atoms with van der Waals surface area (Å²) in [5.41, 5.74) is -0.916. The minimum atomic E-state index is -4.59. The lowest BCUT2D eigenvalue weighted by atomic mass is 9.82. The van der Waals surface area contributed by atoms with Crippen molar-refractivity contribution in [3.05, 3.63) is 54.1 Å². The average Bonchev–Trinajstić information content (AvgIpc) is 3.14. The molecule has 0 saturated carbocycles. The number of ether oxygens (including phenoxy) is 8. The predicted molar refractivity (Wildman–Crippen MR) is 210 cm³/mol. The topological polar surface area (TPSA) is 192 Å². The maximum atomic E-state index is 13.3. The van der Waals surface area contributed by atoms with Crippen LogP contribution in [0.2, 0.25) is 0 Å². The van der Waals surface area contributed by atoms with Gasteiger partial charge in [-0.1, -0.05) is 25.2 Å². The van der Waals surface area contributed by atoms with E-state index >= 15 is 0 Å². The van der Waals surface area contributed by atoms with Crippen LogP contribution >= 0.6 is 0 Å². The number of alkyl halides is 3. The number of amides is 1. The van der Waals surface area contributed by atoms with Crippen molar-refractivity contribution in [1.29, 1.82) is 0 Å². The van der Waals surface area contributed by atoms with Crippen LogP contribution in [0.5, 0.6) is 0 Å². The number of hydrogen-bond donors (Lipinski definition) is 1. The lowest BCUT2D eigenvalue weighted by Gasteiger charge is -2.48. The van der Waals surface area contributed by atoms with E-state index in [0.29, 0.717) is 12.7 Å². The average molecular weight is 871 g/mol. The first-order chi connectivity index (χ1) is 28.6. The molecule has 1 amide bonds. The maximum Gasteiger partial charge on any atom is 0.416 e. The smallest absolute Gasteiger partial charge is 0.416 e. The second-order valence-corrected chi connectivity index (χ2v) is 15.3. The van der Waals surface area contributed by atoms with Crippen molar-refractivity contribution in [3.63, 3.8) is 0 Å². The quantitative estimate of drug-likeness (QED) is 0.165. The van der Waals surface area contributed by atoms with Crippen molar-refractivity contribution in [3.8, 4) is 0 Å². The molecule has 2 aliphatic heterocycles. The van der Waals surface area contributed by atoms with Gasteiger partial charge in [0, 0.05) is 46.4 Å².